The molecule has 3 heteroatoms. The van der Waals surface area contributed by atoms with E-state index >= 15 is 0 Å². The average Bonchev–Trinajstić information content (AvgIpc) is 2.04. The minimum absolute atomic E-state index is 0.257. The molecule has 0 aliphatic rings. The summed E-state index contributed by atoms with van der Waals surface area (Å²) in [5, 5.41) is 21.5. The van der Waals surface area contributed by atoms with Gasteiger partial charge in [0.2, 0.25) is 0 Å². The molecular weight excluding hydrogens is 166 g/mol. The summed E-state index contributed by atoms with van der Waals surface area (Å²) < 4.78 is 0. The molecule has 0 bridgehead atoms. The highest BCUT2D eigenvalue weighted by molar-refractivity contribution is 4.74. The van der Waals surface area contributed by atoms with Crippen molar-refractivity contribution in [3.63, 3.8) is 0 Å². The van der Waals surface area contributed by atoms with Gasteiger partial charge in [0.25, 0.3) is 0 Å². The van der Waals surface area contributed by atoms with E-state index in [2.05, 4.69) is 12.2 Å². The molecule has 0 rings (SSSR count). The predicted molar refractivity (Wildman–Crippen MR) is 54.7 cm³/mol. The fraction of sp³-hybridized carbons (Fsp3) is 1.00. The minimum Gasteiger partial charge on any atom is -0.396 e. The molecule has 1 unspecified atom stereocenters. The van der Waals surface area contributed by atoms with E-state index in [1.54, 1.807) is 0 Å². The van der Waals surface area contributed by atoms with Crippen LogP contribution < -0.4 is 5.32 Å². The van der Waals surface area contributed by atoms with Gasteiger partial charge in [-0.25, -0.2) is 0 Å². The van der Waals surface area contributed by atoms with Crippen LogP contribution in [0.4, 0.5) is 0 Å². The number of hydrogen-bond donors (Lipinski definition) is 3. The number of aliphatic hydroxyl groups excluding tert-OH is 1. The quantitative estimate of drug-likeness (QED) is 0.497. The Bertz CT molecular complexity index is 115. The number of rotatable bonds is 8. The maximum atomic E-state index is 9.76. The predicted octanol–water partition coefficient (Wildman–Crippen LogP) is 0.900. The largest absolute Gasteiger partial charge is 0.396 e. The maximum Gasteiger partial charge on any atom is 0.0743 e. The molecule has 0 aromatic rings. The minimum atomic E-state index is -0.575. The molecule has 0 amide bonds. The Balaban J connectivity index is 3.29. The first kappa shape index (κ1) is 12.9. The molecular formula is C10H23NO2. The van der Waals surface area contributed by atoms with E-state index in [9.17, 15) is 5.11 Å². The third kappa shape index (κ3) is 8.22. The van der Waals surface area contributed by atoms with Crippen molar-refractivity contribution in [3.05, 3.63) is 0 Å². The van der Waals surface area contributed by atoms with Crippen molar-refractivity contribution >= 4 is 0 Å². The van der Waals surface area contributed by atoms with Gasteiger partial charge in [-0.2, -0.15) is 0 Å². The molecule has 0 saturated carbocycles. The van der Waals surface area contributed by atoms with E-state index in [-0.39, 0.29) is 6.61 Å². The smallest absolute Gasteiger partial charge is 0.0743 e. The summed E-state index contributed by atoms with van der Waals surface area (Å²) >= 11 is 0. The van der Waals surface area contributed by atoms with Gasteiger partial charge in [0.15, 0.2) is 0 Å². The molecule has 0 aliphatic heterocycles. The van der Waals surface area contributed by atoms with Crippen molar-refractivity contribution in [2.45, 2.75) is 45.1 Å². The highest BCUT2D eigenvalue weighted by atomic mass is 16.3. The van der Waals surface area contributed by atoms with Crippen LogP contribution in [0.2, 0.25) is 0 Å². The lowest BCUT2D eigenvalue weighted by atomic mass is 10.0. The third-order valence-electron chi connectivity index (χ3n) is 2.06. The van der Waals surface area contributed by atoms with E-state index in [0.29, 0.717) is 6.54 Å². The van der Waals surface area contributed by atoms with Crippen molar-refractivity contribution in [1.29, 1.82) is 0 Å². The molecule has 1 atom stereocenters. The summed E-state index contributed by atoms with van der Waals surface area (Å²) in [6.07, 6.45) is 3.65. The molecule has 0 fully saturated rings. The van der Waals surface area contributed by atoms with Gasteiger partial charge in [-0.1, -0.05) is 13.3 Å². The highest BCUT2D eigenvalue weighted by Gasteiger charge is 2.17. The molecule has 3 nitrogen and oxygen atoms in total. The van der Waals surface area contributed by atoms with E-state index in [4.69, 9.17) is 5.11 Å². The second-order valence-electron chi connectivity index (χ2n) is 3.85. The number of nitrogens with one attached hydrogen (secondary N) is 1. The van der Waals surface area contributed by atoms with E-state index in [1.165, 1.54) is 0 Å². The van der Waals surface area contributed by atoms with Crippen LogP contribution >= 0.6 is 0 Å². The Labute approximate surface area is 81.2 Å². The van der Waals surface area contributed by atoms with Gasteiger partial charge < -0.3 is 15.5 Å². The second-order valence-corrected chi connectivity index (χ2v) is 3.85. The molecule has 3 N–H and O–H groups in total. The van der Waals surface area contributed by atoms with Crippen LogP contribution in [0.1, 0.15) is 39.5 Å². The molecule has 0 heterocycles. The molecule has 0 aromatic heterocycles. The maximum absolute atomic E-state index is 9.76. The van der Waals surface area contributed by atoms with Gasteiger partial charge in [0.1, 0.15) is 0 Å². The van der Waals surface area contributed by atoms with Crippen molar-refractivity contribution in [2.24, 2.45) is 0 Å². The van der Waals surface area contributed by atoms with Gasteiger partial charge in [-0.3, -0.25) is 0 Å². The molecule has 0 aliphatic carbocycles. The van der Waals surface area contributed by atoms with Gasteiger partial charge in [0, 0.05) is 13.2 Å². The van der Waals surface area contributed by atoms with Gasteiger partial charge in [-0.05, 0) is 32.7 Å². The van der Waals surface area contributed by atoms with E-state index in [1.807, 2.05) is 6.92 Å². The van der Waals surface area contributed by atoms with Crippen molar-refractivity contribution < 1.29 is 10.2 Å². The van der Waals surface area contributed by atoms with Crippen LogP contribution in [0.25, 0.3) is 0 Å². The summed E-state index contributed by atoms with van der Waals surface area (Å²) in [5.74, 6) is 0. The van der Waals surface area contributed by atoms with Crippen molar-refractivity contribution in [2.75, 3.05) is 19.7 Å². The van der Waals surface area contributed by atoms with Gasteiger partial charge in [-0.15, -0.1) is 0 Å². The normalized spacial score (nSPS) is 15.7. The lowest BCUT2D eigenvalue weighted by molar-refractivity contribution is 0.0501. The SMILES string of the molecule is CCCC(C)(O)CNCCCCO. The fourth-order valence-electron chi connectivity index (χ4n) is 1.35. The molecule has 0 spiro atoms. The molecule has 0 aromatic carbocycles. The Morgan fingerprint density at radius 2 is 2.00 bits per heavy atom. The van der Waals surface area contributed by atoms with Crippen LogP contribution in [-0.4, -0.2) is 35.5 Å². The average molecular weight is 189 g/mol. The van der Waals surface area contributed by atoms with Crippen LogP contribution in [-0.2, 0) is 0 Å². The number of hydrogen-bond acceptors (Lipinski definition) is 3. The van der Waals surface area contributed by atoms with Gasteiger partial charge in [0.05, 0.1) is 5.60 Å². The number of unbranched alkanes of at least 4 members (excludes halogenated alkanes) is 1. The van der Waals surface area contributed by atoms with Crippen LogP contribution in [0.3, 0.4) is 0 Å². The molecule has 13 heavy (non-hydrogen) atoms. The van der Waals surface area contributed by atoms with Gasteiger partial charge >= 0.3 is 0 Å². The first-order chi connectivity index (χ1) is 6.12. The lowest BCUT2D eigenvalue weighted by Crippen LogP contribution is -2.38. The molecule has 0 saturated heterocycles. The first-order valence-corrected chi connectivity index (χ1v) is 5.16. The molecule has 0 radical (unpaired) electrons. The Hall–Kier alpha value is -0.120. The summed E-state index contributed by atoms with van der Waals surface area (Å²) in [4.78, 5) is 0. The first-order valence-electron chi connectivity index (χ1n) is 5.16. The van der Waals surface area contributed by atoms with Crippen LogP contribution in [0.5, 0.6) is 0 Å². The lowest BCUT2D eigenvalue weighted by Gasteiger charge is -2.22. The van der Waals surface area contributed by atoms with Crippen molar-refractivity contribution in [1.82, 2.24) is 5.32 Å². The number of aliphatic hydroxyl groups is 2. The summed E-state index contributed by atoms with van der Waals surface area (Å²) in [6, 6.07) is 0. The van der Waals surface area contributed by atoms with Crippen molar-refractivity contribution in [3.8, 4) is 0 Å². The highest BCUT2D eigenvalue weighted by Crippen LogP contribution is 2.09. The molecule has 80 valence electrons. The summed E-state index contributed by atoms with van der Waals surface area (Å²) in [7, 11) is 0. The zero-order chi connectivity index (χ0) is 10.2. The second kappa shape index (κ2) is 7.30. The van der Waals surface area contributed by atoms with Crippen LogP contribution in [0, 0.1) is 0 Å². The fourth-order valence-corrected chi connectivity index (χ4v) is 1.35. The third-order valence-corrected chi connectivity index (χ3v) is 2.06. The summed E-state index contributed by atoms with van der Waals surface area (Å²) in [5.41, 5.74) is -0.575. The zero-order valence-electron chi connectivity index (χ0n) is 8.84. The van der Waals surface area contributed by atoms with E-state index in [0.717, 1.165) is 32.2 Å². The monoisotopic (exact) mass is 189 g/mol. The Morgan fingerprint density at radius 3 is 2.54 bits per heavy atom. The van der Waals surface area contributed by atoms with Crippen LogP contribution in [0.15, 0.2) is 0 Å². The Morgan fingerprint density at radius 1 is 1.31 bits per heavy atom. The standard InChI is InChI=1S/C10H23NO2/c1-3-6-10(2,13)9-11-7-4-5-8-12/h11-13H,3-9H2,1-2H3. The zero-order valence-corrected chi connectivity index (χ0v) is 8.84. The Kier molecular flexibility index (Phi) is 7.23. The summed E-state index contributed by atoms with van der Waals surface area (Å²) in [6.45, 7) is 5.70. The van der Waals surface area contributed by atoms with E-state index < -0.39 is 5.60 Å². The topological polar surface area (TPSA) is 52.5 Å².